The summed E-state index contributed by atoms with van der Waals surface area (Å²) in [5.41, 5.74) is 6.56. The smallest absolute Gasteiger partial charge is 0.407 e. The minimum Gasteiger partial charge on any atom is -0.479 e. The predicted octanol–water partition coefficient (Wildman–Crippen LogP) is 2.83. The number of benzene rings is 2. The molecular weight excluding hydrogens is 400 g/mol. The van der Waals surface area contributed by atoms with Crippen molar-refractivity contribution in [1.82, 2.24) is 10.8 Å². The lowest BCUT2D eigenvalue weighted by atomic mass is 9.98. The molecule has 31 heavy (non-hydrogen) atoms. The zero-order chi connectivity index (χ0) is 21.8. The molecule has 1 atom stereocenters. The van der Waals surface area contributed by atoms with Gasteiger partial charge in [0.1, 0.15) is 12.6 Å². The first-order valence-electron chi connectivity index (χ1n) is 10.3. The van der Waals surface area contributed by atoms with Crippen LogP contribution in [-0.2, 0) is 19.2 Å². The lowest BCUT2D eigenvalue weighted by Gasteiger charge is -2.19. The zero-order valence-electron chi connectivity index (χ0n) is 16.9. The number of carbonyl (C=O) groups excluding carboxylic acids is 2. The number of ether oxygens (including phenoxy) is 1. The number of carbonyl (C=O) groups is 3. The van der Waals surface area contributed by atoms with Crippen LogP contribution in [0.5, 0.6) is 0 Å². The first kappa shape index (κ1) is 20.9. The van der Waals surface area contributed by atoms with E-state index >= 15 is 0 Å². The van der Waals surface area contributed by atoms with E-state index in [1.807, 2.05) is 36.4 Å². The van der Waals surface area contributed by atoms with Gasteiger partial charge in [0.05, 0.1) is 0 Å². The summed E-state index contributed by atoms with van der Waals surface area (Å²) < 4.78 is 5.50. The monoisotopic (exact) mass is 424 g/mol. The van der Waals surface area contributed by atoms with Crippen LogP contribution in [0, 0.1) is 5.92 Å². The van der Waals surface area contributed by atoms with Gasteiger partial charge in [0.25, 0.3) is 5.91 Å². The number of hydrogen-bond acceptors (Lipinski definition) is 5. The molecule has 2 aliphatic carbocycles. The Kier molecular flexibility index (Phi) is 6.18. The number of fused-ring (bicyclic) bond motifs is 3. The van der Waals surface area contributed by atoms with E-state index in [1.54, 1.807) is 0 Å². The van der Waals surface area contributed by atoms with Gasteiger partial charge in [-0.3, -0.25) is 9.63 Å². The number of rotatable bonds is 9. The van der Waals surface area contributed by atoms with Gasteiger partial charge in [-0.15, -0.1) is 0 Å². The van der Waals surface area contributed by atoms with Crippen LogP contribution in [0.3, 0.4) is 0 Å². The molecule has 8 heteroatoms. The third-order valence-electron chi connectivity index (χ3n) is 5.59. The van der Waals surface area contributed by atoms with Gasteiger partial charge in [-0.1, -0.05) is 61.4 Å². The van der Waals surface area contributed by atoms with Crippen molar-refractivity contribution in [2.75, 3.05) is 13.2 Å². The summed E-state index contributed by atoms with van der Waals surface area (Å²) in [5, 5.41) is 11.2. The van der Waals surface area contributed by atoms with Crippen LogP contribution in [-0.4, -0.2) is 42.3 Å². The second-order valence-corrected chi connectivity index (χ2v) is 7.85. The van der Waals surface area contributed by atoms with Crippen molar-refractivity contribution in [3.8, 4) is 11.1 Å². The van der Waals surface area contributed by atoms with Gasteiger partial charge < -0.3 is 15.2 Å². The molecule has 0 aromatic heterocycles. The summed E-state index contributed by atoms with van der Waals surface area (Å²) in [7, 11) is 0. The number of nitrogens with one attached hydrogen (secondary N) is 2. The fourth-order valence-electron chi connectivity index (χ4n) is 3.94. The maximum atomic E-state index is 12.5. The quantitative estimate of drug-likeness (QED) is 0.534. The molecule has 0 spiro atoms. The molecule has 1 fully saturated rings. The van der Waals surface area contributed by atoms with Crippen molar-refractivity contribution in [2.45, 2.75) is 31.2 Å². The summed E-state index contributed by atoms with van der Waals surface area (Å²) in [6, 6.07) is 15.2. The topological polar surface area (TPSA) is 114 Å². The maximum Gasteiger partial charge on any atom is 0.407 e. The predicted molar refractivity (Wildman–Crippen MR) is 111 cm³/mol. The van der Waals surface area contributed by atoms with E-state index in [9.17, 15) is 14.4 Å². The molecule has 0 aliphatic heterocycles. The van der Waals surface area contributed by atoms with E-state index in [0.29, 0.717) is 12.3 Å². The van der Waals surface area contributed by atoms with Crippen molar-refractivity contribution in [3.05, 3.63) is 59.7 Å². The van der Waals surface area contributed by atoms with Gasteiger partial charge in [-0.2, -0.15) is 0 Å². The molecule has 4 rings (SSSR count). The lowest BCUT2D eigenvalue weighted by Crippen LogP contribution is -2.47. The van der Waals surface area contributed by atoms with Crippen LogP contribution < -0.4 is 10.8 Å². The minimum atomic E-state index is -1.21. The van der Waals surface area contributed by atoms with E-state index in [-0.39, 0.29) is 12.5 Å². The molecule has 2 aliphatic rings. The molecule has 2 aromatic carbocycles. The Morgan fingerprint density at radius 3 is 2.19 bits per heavy atom. The first-order chi connectivity index (χ1) is 15.0. The molecule has 0 unspecified atom stereocenters. The van der Waals surface area contributed by atoms with E-state index in [4.69, 9.17) is 9.84 Å². The van der Waals surface area contributed by atoms with Crippen molar-refractivity contribution in [3.63, 3.8) is 0 Å². The average molecular weight is 424 g/mol. The van der Waals surface area contributed by atoms with E-state index in [0.717, 1.165) is 35.1 Å². The number of amides is 2. The molecule has 2 aromatic rings. The Morgan fingerprint density at radius 1 is 1.00 bits per heavy atom. The normalized spacial score (nSPS) is 15.5. The molecule has 8 nitrogen and oxygen atoms in total. The van der Waals surface area contributed by atoms with Crippen LogP contribution in [0.2, 0.25) is 0 Å². The standard InChI is InChI=1S/C23H24N2O6/c26-21(27)13-31-25-22(28)20(11-14-9-10-14)24-23(29)30-12-19-17-7-3-1-5-15(17)16-6-2-4-8-18(16)19/h1-8,14,19-20H,9-13H2,(H,24,29)(H,25,28)(H,26,27)/t20-/m0/s1. The Labute approximate surface area is 179 Å². The highest BCUT2D eigenvalue weighted by atomic mass is 16.7. The minimum absolute atomic E-state index is 0.0761. The Hall–Kier alpha value is -3.39. The van der Waals surface area contributed by atoms with Gasteiger partial charge in [0.15, 0.2) is 6.61 Å². The van der Waals surface area contributed by atoms with Crippen molar-refractivity contribution in [1.29, 1.82) is 0 Å². The van der Waals surface area contributed by atoms with Crippen LogP contribution >= 0.6 is 0 Å². The third kappa shape index (κ3) is 5.03. The fraction of sp³-hybridized carbons (Fsp3) is 0.348. The van der Waals surface area contributed by atoms with Gasteiger partial charge in [0, 0.05) is 5.92 Å². The van der Waals surface area contributed by atoms with E-state index in [2.05, 4.69) is 27.8 Å². The van der Waals surface area contributed by atoms with Crippen molar-refractivity contribution in [2.24, 2.45) is 5.92 Å². The molecule has 0 saturated heterocycles. The SMILES string of the molecule is O=C(O)CONC(=O)[C@H](CC1CC1)NC(=O)OCC1c2ccccc2-c2ccccc21. The number of alkyl carbamates (subject to hydrolysis) is 1. The number of aliphatic carboxylic acids is 1. The number of carboxylic acid groups (broad SMARTS) is 1. The molecule has 0 bridgehead atoms. The Bertz CT molecular complexity index is 942. The highest BCUT2D eigenvalue weighted by molar-refractivity contribution is 5.85. The zero-order valence-corrected chi connectivity index (χ0v) is 16.9. The highest BCUT2D eigenvalue weighted by Crippen LogP contribution is 2.44. The van der Waals surface area contributed by atoms with Crippen LogP contribution in [0.25, 0.3) is 11.1 Å². The summed E-state index contributed by atoms with van der Waals surface area (Å²) in [6.45, 7) is -0.514. The molecule has 162 valence electrons. The number of carboxylic acids is 1. The van der Waals surface area contributed by atoms with E-state index in [1.165, 1.54) is 0 Å². The first-order valence-corrected chi connectivity index (χ1v) is 10.3. The third-order valence-corrected chi connectivity index (χ3v) is 5.59. The van der Waals surface area contributed by atoms with Gasteiger partial charge in [0.2, 0.25) is 0 Å². The van der Waals surface area contributed by atoms with Gasteiger partial charge >= 0.3 is 12.1 Å². The fourth-order valence-corrected chi connectivity index (χ4v) is 3.94. The van der Waals surface area contributed by atoms with Crippen LogP contribution in [0.15, 0.2) is 48.5 Å². The second-order valence-electron chi connectivity index (χ2n) is 7.85. The summed E-state index contributed by atoms with van der Waals surface area (Å²) in [5.74, 6) is -1.53. The van der Waals surface area contributed by atoms with Gasteiger partial charge in [-0.25, -0.2) is 15.1 Å². The molecule has 0 radical (unpaired) electrons. The summed E-state index contributed by atoms with van der Waals surface area (Å²) in [6.07, 6.45) is 1.74. The average Bonchev–Trinajstić information content (AvgIpc) is 3.52. The van der Waals surface area contributed by atoms with Crippen LogP contribution in [0.4, 0.5) is 4.79 Å². The number of hydroxylamine groups is 1. The molecule has 0 heterocycles. The van der Waals surface area contributed by atoms with Crippen molar-refractivity contribution < 1.29 is 29.1 Å². The van der Waals surface area contributed by atoms with Crippen molar-refractivity contribution >= 4 is 18.0 Å². The van der Waals surface area contributed by atoms with Crippen LogP contribution in [0.1, 0.15) is 36.3 Å². The summed E-state index contributed by atoms with van der Waals surface area (Å²) in [4.78, 5) is 40.0. The maximum absolute atomic E-state index is 12.5. The Balaban J connectivity index is 1.37. The summed E-state index contributed by atoms with van der Waals surface area (Å²) >= 11 is 0. The highest BCUT2D eigenvalue weighted by Gasteiger charge is 2.32. The van der Waals surface area contributed by atoms with E-state index < -0.39 is 30.6 Å². The van der Waals surface area contributed by atoms with Gasteiger partial charge in [-0.05, 0) is 34.6 Å². The molecular formula is C23H24N2O6. The number of hydrogen-bond donors (Lipinski definition) is 3. The molecule has 3 N–H and O–H groups in total. The lowest BCUT2D eigenvalue weighted by molar-refractivity contribution is -0.150. The largest absolute Gasteiger partial charge is 0.479 e. The molecule has 2 amide bonds. The Morgan fingerprint density at radius 2 is 1.61 bits per heavy atom. The second kappa shape index (κ2) is 9.18. The molecule has 1 saturated carbocycles.